The SMILES string of the molecule is COc1ccc(CN2C(=O)COc3ccc(N4C(=O)O[C@H]5C[C@@H](NCc6cccc(-c7cccc(OC)n7)c6)CC[C@@H]54)nc32)cc1. The molecular formula is C35H35N5O6. The van der Waals surface area contributed by atoms with E-state index in [-0.39, 0.29) is 30.7 Å². The number of nitrogens with one attached hydrogen (secondary N) is 1. The Bertz CT molecular complexity index is 1750. The highest BCUT2D eigenvalue weighted by molar-refractivity contribution is 5.97. The number of rotatable bonds is 9. The van der Waals surface area contributed by atoms with Crippen molar-refractivity contribution in [3.63, 3.8) is 0 Å². The molecule has 4 heterocycles. The molecule has 11 heteroatoms. The number of fused-ring (bicyclic) bond motifs is 2. The van der Waals surface area contributed by atoms with Gasteiger partial charge in [-0.1, -0.05) is 36.4 Å². The third-order valence-corrected chi connectivity index (χ3v) is 8.77. The third-order valence-electron chi connectivity index (χ3n) is 8.77. The van der Waals surface area contributed by atoms with Gasteiger partial charge in [-0.2, -0.15) is 0 Å². The molecule has 2 aromatic carbocycles. The van der Waals surface area contributed by atoms with E-state index in [0.717, 1.165) is 41.0 Å². The van der Waals surface area contributed by atoms with Gasteiger partial charge in [0, 0.05) is 30.6 Å². The number of benzene rings is 2. The molecule has 0 bridgehead atoms. The number of carbonyl (C=O) groups is 2. The standard InChI is InChI=1S/C35H35N5O6/c1-43-26-12-9-22(10-13-26)20-39-33(41)21-45-29-15-16-31(38-34(29)39)40-28-14-11-25(18-30(28)46-35(40)42)36-19-23-5-3-6-24(17-23)27-7-4-8-32(37-27)44-2/h3-10,12-13,15-17,25,28,30,36H,11,14,18-21H2,1-2H3/t25-,28-,30-/m0/s1. The highest BCUT2D eigenvalue weighted by Gasteiger charge is 2.47. The number of amides is 2. The first-order valence-electron chi connectivity index (χ1n) is 15.4. The molecule has 0 spiro atoms. The number of hydrogen-bond acceptors (Lipinski definition) is 9. The zero-order valence-corrected chi connectivity index (χ0v) is 25.7. The van der Waals surface area contributed by atoms with E-state index in [4.69, 9.17) is 23.9 Å². The summed E-state index contributed by atoms with van der Waals surface area (Å²) < 4.78 is 22.1. The number of pyridine rings is 2. The summed E-state index contributed by atoms with van der Waals surface area (Å²) in [5.41, 5.74) is 3.94. The summed E-state index contributed by atoms with van der Waals surface area (Å²) in [5.74, 6) is 2.45. The Balaban J connectivity index is 1.02. The van der Waals surface area contributed by atoms with Gasteiger partial charge in [-0.05, 0) is 60.4 Å². The van der Waals surface area contributed by atoms with Gasteiger partial charge in [0.2, 0.25) is 5.88 Å². The van der Waals surface area contributed by atoms with Gasteiger partial charge in [0.15, 0.2) is 18.2 Å². The predicted molar refractivity (Wildman–Crippen MR) is 171 cm³/mol. The molecule has 2 amide bonds. The first kappa shape index (κ1) is 29.5. The fourth-order valence-corrected chi connectivity index (χ4v) is 6.38. The van der Waals surface area contributed by atoms with Gasteiger partial charge in [0.05, 0.1) is 32.5 Å². The normalized spacial score (nSPS) is 20.4. The van der Waals surface area contributed by atoms with Crippen molar-refractivity contribution < 1.29 is 28.5 Å². The fraction of sp³-hybridized carbons (Fsp3) is 0.314. The Morgan fingerprint density at radius 2 is 1.76 bits per heavy atom. The number of anilines is 2. The highest BCUT2D eigenvalue weighted by atomic mass is 16.6. The van der Waals surface area contributed by atoms with Crippen molar-refractivity contribution in [3.8, 4) is 28.6 Å². The lowest BCUT2D eigenvalue weighted by atomic mass is 9.88. The molecule has 0 radical (unpaired) electrons. The van der Waals surface area contributed by atoms with Gasteiger partial charge < -0.3 is 24.3 Å². The largest absolute Gasteiger partial charge is 0.497 e. The van der Waals surface area contributed by atoms with Crippen LogP contribution in [-0.2, 0) is 22.6 Å². The molecule has 1 aliphatic carbocycles. The fourth-order valence-electron chi connectivity index (χ4n) is 6.38. The van der Waals surface area contributed by atoms with E-state index in [1.165, 1.54) is 0 Å². The van der Waals surface area contributed by atoms with Crippen LogP contribution < -0.4 is 29.3 Å². The zero-order valence-electron chi connectivity index (χ0n) is 25.7. The first-order chi connectivity index (χ1) is 22.5. The minimum Gasteiger partial charge on any atom is -0.497 e. The molecule has 1 saturated heterocycles. The highest BCUT2D eigenvalue weighted by Crippen LogP contribution is 2.39. The molecule has 11 nitrogen and oxygen atoms in total. The van der Waals surface area contributed by atoms with Crippen molar-refractivity contribution in [1.82, 2.24) is 15.3 Å². The summed E-state index contributed by atoms with van der Waals surface area (Å²) in [6.45, 7) is 0.928. The summed E-state index contributed by atoms with van der Waals surface area (Å²) in [5, 5.41) is 3.66. The summed E-state index contributed by atoms with van der Waals surface area (Å²) in [4.78, 5) is 38.7. The van der Waals surface area contributed by atoms with E-state index >= 15 is 0 Å². The quantitative estimate of drug-likeness (QED) is 0.272. The van der Waals surface area contributed by atoms with Crippen molar-refractivity contribution in [1.29, 1.82) is 0 Å². The number of ether oxygens (including phenoxy) is 4. The molecule has 1 N–H and O–H groups in total. The van der Waals surface area contributed by atoms with E-state index in [9.17, 15) is 9.59 Å². The molecular weight excluding hydrogens is 586 g/mol. The van der Waals surface area contributed by atoms with Crippen LogP contribution in [0, 0.1) is 0 Å². The van der Waals surface area contributed by atoms with Gasteiger partial charge in [-0.15, -0.1) is 0 Å². The summed E-state index contributed by atoms with van der Waals surface area (Å²) in [6, 6.07) is 25.1. The maximum Gasteiger partial charge on any atom is 0.416 e. The van der Waals surface area contributed by atoms with E-state index in [2.05, 4.69) is 22.4 Å². The molecule has 2 fully saturated rings. The van der Waals surface area contributed by atoms with Crippen LogP contribution in [0.3, 0.4) is 0 Å². The van der Waals surface area contributed by atoms with E-state index in [1.807, 2.05) is 54.6 Å². The van der Waals surface area contributed by atoms with Gasteiger partial charge >= 0.3 is 6.09 Å². The van der Waals surface area contributed by atoms with Gasteiger partial charge in [0.1, 0.15) is 17.7 Å². The number of nitrogens with zero attached hydrogens (tertiary/aromatic N) is 4. The Kier molecular flexibility index (Phi) is 8.15. The summed E-state index contributed by atoms with van der Waals surface area (Å²) in [7, 11) is 3.23. The molecule has 1 saturated carbocycles. The molecule has 236 valence electrons. The van der Waals surface area contributed by atoms with Gasteiger partial charge in [0.25, 0.3) is 5.91 Å². The Morgan fingerprint density at radius 3 is 2.59 bits per heavy atom. The van der Waals surface area contributed by atoms with Crippen molar-refractivity contribution in [2.75, 3.05) is 30.6 Å². The van der Waals surface area contributed by atoms with Crippen LogP contribution in [0.1, 0.15) is 30.4 Å². The summed E-state index contributed by atoms with van der Waals surface area (Å²) >= 11 is 0. The van der Waals surface area contributed by atoms with Crippen LogP contribution in [0.25, 0.3) is 11.3 Å². The average molecular weight is 622 g/mol. The minimum absolute atomic E-state index is 0.0722. The van der Waals surface area contributed by atoms with Crippen LogP contribution in [0.2, 0.25) is 0 Å². The van der Waals surface area contributed by atoms with Crippen molar-refractivity contribution >= 4 is 23.6 Å². The predicted octanol–water partition coefficient (Wildman–Crippen LogP) is 5.12. The Hall–Kier alpha value is -5.16. The molecule has 46 heavy (non-hydrogen) atoms. The lowest BCUT2D eigenvalue weighted by Crippen LogP contribution is -2.46. The number of methoxy groups -OCH3 is 2. The van der Waals surface area contributed by atoms with Gasteiger partial charge in [-0.3, -0.25) is 14.6 Å². The monoisotopic (exact) mass is 621 g/mol. The van der Waals surface area contributed by atoms with Crippen LogP contribution in [0.4, 0.5) is 16.4 Å². The molecule has 3 aliphatic rings. The number of carbonyl (C=O) groups excluding carboxylic acids is 2. The molecule has 0 unspecified atom stereocenters. The average Bonchev–Trinajstić information content (AvgIpc) is 3.43. The number of hydrogen-bond donors (Lipinski definition) is 1. The van der Waals surface area contributed by atoms with Crippen molar-refractivity contribution in [2.45, 2.75) is 50.5 Å². The second-order valence-electron chi connectivity index (χ2n) is 11.6. The van der Waals surface area contributed by atoms with E-state index < -0.39 is 6.09 Å². The second kappa shape index (κ2) is 12.7. The lowest BCUT2D eigenvalue weighted by molar-refractivity contribution is -0.121. The molecule has 3 atom stereocenters. The van der Waals surface area contributed by atoms with Crippen LogP contribution in [0.15, 0.2) is 78.9 Å². The summed E-state index contributed by atoms with van der Waals surface area (Å²) in [6.07, 6.45) is 1.64. The first-order valence-corrected chi connectivity index (χ1v) is 15.4. The molecule has 4 aromatic rings. The molecule has 2 aromatic heterocycles. The van der Waals surface area contributed by atoms with Crippen LogP contribution in [0.5, 0.6) is 17.4 Å². The van der Waals surface area contributed by atoms with Crippen LogP contribution >= 0.6 is 0 Å². The zero-order chi connectivity index (χ0) is 31.6. The van der Waals surface area contributed by atoms with E-state index in [1.54, 1.807) is 36.2 Å². The van der Waals surface area contributed by atoms with Crippen LogP contribution in [-0.4, -0.2) is 61.0 Å². The second-order valence-corrected chi connectivity index (χ2v) is 11.6. The Labute approximate surface area is 267 Å². The maximum absolute atomic E-state index is 13.2. The minimum atomic E-state index is -0.425. The van der Waals surface area contributed by atoms with Crippen molar-refractivity contribution in [2.24, 2.45) is 0 Å². The lowest BCUT2D eigenvalue weighted by Gasteiger charge is -2.34. The number of aromatic nitrogens is 2. The third kappa shape index (κ3) is 5.93. The maximum atomic E-state index is 13.2. The molecule has 7 rings (SSSR count). The molecule has 2 aliphatic heterocycles. The Morgan fingerprint density at radius 1 is 0.913 bits per heavy atom. The van der Waals surface area contributed by atoms with Gasteiger partial charge in [-0.25, -0.2) is 14.8 Å². The van der Waals surface area contributed by atoms with E-state index in [0.29, 0.717) is 42.8 Å². The van der Waals surface area contributed by atoms with Crippen molar-refractivity contribution in [3.05, 3.63) is 90.0 Å². The smallest absolute Gasteiger partial charge is 0.416 e. The topological polar surface area (TPSA) is 115 Å².